The molecule has 0 aliphatic carbocycles. The Labute approximate surface area is 166 Å². The number of hydrogen-bond donors (Lipinski definition) is 1. The number of aromatic nitrogens is 3. The van der Waals surface area contributed by atoms with Crippen molar-refractivity contribution in [1.82, 2.24) is 15.0 Å². The predicted octanol–water partition coefficient (Wildman–Crippen LogP) is 3.13. The molecule has 132 valence electrons. The normalized spacial score (nSPS) is 12.6. The molecule has 10 heteroatoms. The van der Waals surface area contributed by atoms with E-state index in [4.69, 9.17) is 4.74 Å². The van der Waals surface area contributed by atoms with Gasteiger partial charge in [0.25, 0.3) is 0 Å². The summed E-state index contributed by atoms with van der Waals surface area (Å²) in [7, 11) is -1.51. The van der Waals surface area contributed by atoms with Gasteiger partial charge >= 0.3 is 29.2 Å². The molecule has 1 aromatic carbocycles. The van der Waals surface area contributed by atoms with Crippen LogP contribution in [-0.4, -0.2) is 55.0 Å². The van der Waals surface area contributed by atoms with E-state index in [0.29, 0.717) is 21.9 Å². The van der Waals surface area contributed by atoms with Crippen LogP contribution in [0.4, 0.5) is 13.2 Å². The first-order valence-electron chi connectivity index (χ1n) is 7.30. The summed E-state index contributed by atoms with van der Waals surface area (Å²) in [6.07, 6.45) is -3.09. The number of alkyl halides is 3. The molecule has 3 aromatic rings. The van der Waals surface area contributed by atoms with Crippen molar-refractivity contribution < 1.29 is 22.1 Å². The Morgan fingerprint density at radius 2 is 1.96 bits per heavy atom. The van der Waals surface area contributed by atoms with Gasteiger partial charge in [-0.15, -0.1) is 0 Å². The van der Waals surface area contributed by atoms with Crippen molar-refractivity contribution in [3.05, 3.63) is 47.8 Å². The van der Waals surface area contributed by atoms with Crippen molar-refractivity contribution in [2.24, 2.45) is 0 Å². The third-order valence-electron chi connectivity index (χ3n) is 3.50. The summed E-state index contributed by atoms with van der Waals surface area (Å²) in [6, 6.07) is 8.62. The number of aromatic amines is 1. The number of ether oxygens (including phenoxy) is 1. The van der Waals surface area contributed by atoms with E-state index in [9.17, 15) is 17.4 Å². The number of halogens is 3. The zero-order valence-corrected chi connectivity index (χ0v) is 16.1. The van der Waals surface area contributed by atoms with E-state index in [1.54, 1.807) is 13.0 Å². The summed E-state index contributed by atoms with van der Waals surface area (Å²) in [5.74, 6) is 0.0958. The molecular weight excluding hydrogens is 380 g/mol. The summed E-state index contributed by atoms with van der Waals surface area (Å²) < 4.78 is 54.2. The van der Waals surface area contributed by atoms with Gasteiger partial charge in [0.15, 0.2) is 11.8 Å². The van der Waals surface area contributed by atoms with Gasteiger partial charge in [0.05, 0.1) is 33.3 Å². The van der Waals surface area contributed by atoms with E-state index in [1.807, 2.05) is 18.2 Å². The van der Waals surface area contributed by atoms with Gasteiger partial charge in [0.2, 0.25) is 0 Å². The quantitative estimate of drug-likeness (QED) is 0.676. The Morgan fingerprint density at radius 3 is 2.65 bits per heavy atom. The Balaban J connectivity index is 0.00000243. The van der Waals surface area contributed by atoms with Gasteiger partial charge in [-0.05, 0) is 25.1 Å². The summed E-state index contributed by atoms with van der Waals surface area (Å²) in [5.41, 5.74) is 2.28. The summed E-state index contributed by atoms with van der Waals surface area (Å²) in [4.78, 5) is 11.3. The molecule has 26 heavy (non-hydrogen) atoms. The zero-order chi connectivity index (χ0) is 18.0. The number of para-hydroxylation sites is 2. The number of nitrogens with zero attached hydrogens (tertiary/aromatic N) is 2. The first-order chi connectivity index (χ1) is 11.8. The van der Waals surface area contributed by atoms with Crippen molar-refractivity contribution in [1.29, 1.82) is 0 Å². The fourth-order valence-electron chi connectivity index (χ4n) is 2.25. The van der Waals surface area contributed by atoms with Gasteiger partial charge in [0.1, 0.15) is 5.75 Å². The second-order valence-electron chi connectivity index (χ2n) is 5.33. The van der Waals surface area contributed by atoms with Gasteiger partial charge in [0, 0.05) is 11.8 Å². The molecule has 5 nitrogen and oxygen atoms in total. The van der Waals surface area contributed by atoms with E-state index in [1.165, 1.54) is 12.3 Å². The number of fused-ring (bicyclic) bond motifs is 1. The molecule has 0 unspecified atom stereocenters. The number of pyridine rings is 1. The Kier molecular flexibility index (Phi) is 6.64. The number of nitrogens with one attached hydrogen (secondary N) is 1. The number of imidazole rings is 1. The van der Waals surface area contributed by atoms with Crippen molar-refractivity contribution in [2.45, 2.75) is 24.0 Å². The van der Waals surface area contributed by atoms with Crippen LogP contribution in [0.5, 0.6) is 5.75 Å². The molecule has 3 rings (SSSR count). The van der Waals surface area contributed by atoms with E-state index in [0.717, 1.165) is 5.52 Å². The molecule has 0 saturated carbocycles. The third-order valence-corrected chi connectivity index (χ3v) is 4.66. The van der Waals surface area contributed by atoms with Gasteiger partial charge < -0.3 is 9.72 Å². The maximum Gasteiger partial charge on any atom is 2.00 e. The molecule has 0 aliphatic rings. The minimum Gasteiger partial charge on any atom is -0.484 e. The first kappa shape index (κ1) is 20.7. The summed E-state index contributed by atoms with van der Waals surface area (Å²) in [6.45, 7) is 0.202. The molecule has 2 aromatic heterocycles. The van der Waals surface area contributed by atoms with Crippen LogP contribution < -0.4 is 4.74 Å². The number of rotatable bonds is 5. The Bertz CT molecular complexity index is 897. The second kappa shape index (κ2) is 8.36. The molecule has 0 bridgehead atoms. The van der Waals surface area contributed by atoms with Crippen molar-refractivity contribution in [3.63, 3.8) is 0 Å². The van der Waals surface area contributed by atoms with Crippen LogP contribution in [0.3, 0.4) is 0 Å². The van der Waals surface area contributed by atoms with Gasteiger partial charge in [-0.3, -0.25) is 9.19 Å². The van der Waals surface area contributed by atoms with Crippen LogP contribution in [0.15, 0.2) is 41.7 Å². The molecule has 2 heterocycles. The second-order valence-corrected chi connectivity index (χ2v) is 6.70. The fraction of sp³-hybridized carbons (Fsp3) is 0.250. The Morgan fingerprint density at radius 1 is 1.23 bits per heavy atom. The molecular formula is C16H14F3MgN3O2S+2. The molecule has 1 N–H and O–H groups in total. The number of hydrogen-bond acceptors (Lipinski definition) is 4. The smallest absolute Gasteiger partial charge is 0.484 e. The molecule has 0 amide bonds. The monoisotopic (exact) mass is 393 g/mol. The maximum absolute atomic E-state index is 12.5. The van der Waals surface area contributed by atoms with E-state index in [2.05, 4.69) is 15.0 Å². The van der Waals surface area contributed by atoms with Crippen LogP contribution in [0.25, 0.3) is 11.0 Å². The fourth-order valence-corrected chi connectivity index (χ4v) is 3.35. The van der Waals surface area contributed by atoms with E-state index < -0.39 is 23.6 Å². The molecule has 0 radical (unpaired) electrons. The van der Waals surface area contributed by atoms with Crippen LogP contribution in [0.2, 0.25) is 0 Å². The minimum absolute atomic E-state index is 0. The van der Waals surface area contributed by atoms with Crippen molar-refractivity contribution in [3.8, 4) is 5.75 Å². The first-order valence-corrected chi connectivity index (χ1v) is 8.62. The maximum atomic E-state index is 12.5. The molecule has 0 spiro atoms. The van der Waals surface area contributed by atoms with Crippen LogP contribution in [0, 0.1) is 6.92 Å². The average Bonchev–Trinajstić information content (AvgIpc) is 2.99. The topological polar surface area (TPSA) is 67.9 Å². The molecule has 0 aliphatic heterocycles. The predicted molar refractivity (Wildman–Crippen MR) is 92.5 cm³/mol. The largest absolute Gasteiger partial charge is 2.00 e. The molecule has 1 atom stereocenters. The minimum atomic E-state index is -4.42. The number of benzene rings is 1. The van der Waals surface area contributed by atoms with Crippen LogP contribution in [0.1, 0.15) is 11.3 Å². The SMILES string of the molecule is Cc1c(OCC(F)(F)F)ccnc1C[S@](=O)c1nc2ccccc2[nH]1.[Mg+2]. The van der Waals surface area contributed by atoms with Gasteiger partial charge in [-0.2, -0.15) is 13.2 Å². The standard InChI is InChI=1S/C16H14F3N3O2S.Mg/c1-10-13(20-7-6-14(10)24-9-16(17,18)19)8-25(23)15-21-11-4-2-3-5-12(11)22-15;/h2-7H,8-9H2,1H3,(H,21,22);/q;+2/t25-;/m0./s1. The molecule has 0 fully saturated rings. The number of H-pyrrole nitrogens is 1. The summed E-state index contributed by atoms with van der Waals surface area (Å²) in [5, 5.41) is 0.295. The van der Waals surface area contributed by atoms with E-state index >= 15 is 0 Å². The molecule has 0 saturated heterocycles. The van der Waals surface area contributed by atoms with Crippen LogP contribution in [-0.2, 0) is 16.6 Å². The van der Waals surface area contributed by atoms with Gasteiger partial charge in [-0.25, -0.2) is 4.98 Å². The van der Waals surface area contributed by atoms with Crippen molar-refractivity contribution in [2.75, 3.05) is 6.61 Å². The van der Waals surface area contributed by atoms with E-state index in [-0.39, 0.29) is 34.6 Å². The Hall–Kier alpha value is -1.65. The van der Waals surface area contributed by atoms with Crippen molar-refractivity contribution >= 4 is 44.9 Å². The van der Waals surface area contributed by atoms with Gasteiger partial charge in [-0.1, -0.05) is 12.1 Å². The third kappa shape index (κ3) is 4.95. The van der Waals surface area contributed by atoms with Crippen LogP contribution >= 0.6 is 0 Å². The zero-order valence-electron chi connectivity index (χ0n) is 13.8. The average molecular weight is 394 g/mol. The summed E-state index contributed by atoms with van der Waals surface area (Å²) >= 11 is 0.